The van der Waals surface area contributed by atoms with Crippen molar-refractivity contribution < 1.29 is 14.4 Å². The van der Waals surface area contributed by atoms with E-state index in [9.17, 15) is 14.4 Å². The summed E-state index contributed by atoms with van der Waals surface area (Å²) in [5.41, 5.74) is 2.72. The number of nitrogens with zero attached hydrogens (tertiary/aromatic N) is 1. The number of hydrogen-bond donors (Lipinski definition) is 3. The second kappa shape index (κ2) is 8.01. The van der Waals surface area contributed by atoms with Gasteiger partial charge < -0.3 is 15.5 Å². The number of amides is 3. The van der Waals surface area contributed by atoms with Gasteiger partial charge in [-0.25, -0.2) is 0 Å². The molecule has 3 N–H and O–H groups in total. The van der Waals surface area contributed by atoms with E-state index in [0.29, 0.717) is 30.6 Å². The lowest BCUT2D eigenvalue weighted by Gasteiger charge is -2.29. The van der Waals surface area contributed by atoms with Gasteiger partial charge in [0.25, 0.3) is 5.91 Å². The highest BCUT2D eigenvalue weighted by Gasteiger charge is 2.39. The Balaban J connectivity index is 1.40. The lowest BCUT2D eigenvalue weighted by Crippen LogP contribution is -2.52. The fourth-order valence-electron chi connectivity index (χ4n) is 4.61. The van der Waals surface area contributed by atoms with E-state index in [1.807, 2.05) is 19.2 Å². The summed E-state index contributed by atoms with van der Waals surface area (Å²) in [5.74, 6) is -0.739. The van der Waals surface area contributed by atoms with Crippen molar-refractivity contribution in [3.05, 3.63) is 34.9 Å². The highest BCUT2D eigenvalue weighted by Crippen LogP contribution is 2.28. The first-order chi connectivity index (χ1) is 13.5. The van der Waals surface area contributed by atoms with Gasteiger partial charge in [0.05, 0.1) is 0 Å². The molecule has 150 valence electrons. The van der Waals surface area contributed by atoms with Crippen molar-refractivity contribution in [1.82, 2.24) is 20.9 Å². The minimum Gasteiger partial charge on any atom is -0.322 e. The van der Waals surface area contributed by atoms with Crippen molar-refractivity contribution in [3.8, 4) is 0 Å². The van der Waals surface area contributed by atoms with Gasteiger partial charge in [-0.05, 0) is 49.9 Å². The summed E-state index contributed by atoms with van der Waals surface area (Å²) < 4.78 is 0. The molecular weight excluding hydrogens is 356 g/mol. The molecule has 3 atom stereocenters. The first-order valence-electron chi connectivity index (χ1n) is 10.2. The molecule has 1 aromatic rings. The van der Waals surface area contributed by atoms with Crippen molar-refractivity contribution in [2.24, 2.45) is 0 Å². The lowest BCUT2D eigenvalue weighted by atomic mass is 9.91. The Morgan fingerprint density at radius 3 is 2.75 bits per heavy atom. The minimum absolute atomic E-state index is 0.112. The molecule has 0 radical (unpaired) electrons. The van der Waals surface area contributed by atoms with Gasteiger partial charge in [0.2, 0.25) is 11.8 Å². The van der Waals surface area contributed by atoms with Crippen LogP contribution in [0, 0.1) is 0 Å². The predicted octanol–water partition coefficient (Wildman–Crippen LogP) is 1.07. The molecular formula is C21H28N4O3. The molecule has 3 aliphatic rings. The van der Waals surface area contributed by atoms with Crippen LogP contribution in [0.3, 0.4) is 0 Å². The maximum Gasteiger partial charge on any atom is 0.255 e. The predicted molar refractivity (Wildman–Crippen MR) is 104 cm³/mol. The van der Waals surface area contributed by atoms with Crippen LogP contribution >= 0.6 is 0 Å². The Hall–Kier alpha value is -2.25. The molecule has 28 heavy (non-hydrogen) atoms. The van der Waals surface area contributed by atoms with E-state index in [1.54, 1.807) is 4.90 Å². The molecule has 1 saturated carbocycles. The monoisotopic (exact) mass is 384 g/mol. The molecule has 0 aromatic heterocycles. The number of carbonyl (C=O) groups excluding carboxylic acids is 3. The summed E-state index contributed by atoms with van der Waals surface area (Å²) in [7, 11) is 2.02. The van der Waals surface area contributed by atoms with E-state index in [4.69, 9.17) is 0 Å². The van der Waals surface area contributed by atoms with Gasteiger partial charge in [0.15, 0.2) is 0 Å². The second-order valence-electron chi connectivity index (χ2n) is 8.12. The molecule has 1 aliphatic carbocycles. The Morgan fingerprint density at radius 1 is 1.14 bits per heavy atom. The third kappa shape index (κ3) is 3.82. The van der Waals surface area contributed by atoms with Gasteiger partial charge in [-0.15, -0.1) is 0 Å². The Labute approximate surface area is 165 Å². The zero-order valence-electron chi connectivity index (χ0n) is 16.3. The van der Waals surface area contributed by atoms with Gasteiger partial charge in [-0.3, -0.25) is 19.7 Å². The first-order valence-corrected chi connectivity index (χ1v) is 10.2. The van der Waals surface area contributed by atoms with E-state index >= 15 is 0 Å². The molecule has 0 spiro atoms. The summed E-state index contributed by atoms with van der Waals surface area (Å²) in [5, 5.41) is 9.34. The first kappa shape index (κ1) is 19.1. The number of hydrogen-bond acceptors (Lipinski definition) is 5. The van der Waals surface area contributed by atoms with Gasteiger partial charge >= 0.3 is 0 Å². The molecule has 3 amide bonds. The average molecular weight is 384 g/mol. The number of rotatable bonds is 5. The van der Waals surface area contributed by atoms with Crippen molar-refractivity contribution in [1.29, 1.82) is 0 Å². The van der Waals surface area contributed by atoms with Gasteiger partial charge in [-0.2, -0.15) is 0 Å². The van der Waals surface area contributed by atoms with Crippen LogP contribution in [0.1, 0.15) is 60.0 Å². The summed E-state index contributed by atoms with van der Waals surface area (Å²) in [6.45, 7) is 1.17. The quantitative estimate of drug-likeness (QED) is 0.661. The van der Waals surface area contributed by atoms with Gasteiger partial charge in [0.1, 0.15) is 6.04 Å². The van der Waals surface area contributed by atoms with E-state index in [1.165, 1.54) is 19.3 Å². The molecule has 2 aliphatic heterocycles. The Bertz CT molecular complexity index is 794. The standard InChI is InChI=1S/C21H28N4O3/c1-22-15-3-2-4-16(10-15)23-11-13-5-6-14-12-25(21(28)17(14)9-13)18-7-8-19(26)24-20(18)27/h5-6,9,15-16,18,22-23H,2-4,7-8,10-12H2,1H3,(H,24,26,27). The summed E-state index contributed by atoms with van der Waals surface area (Å²) in [6, 6.07) is 6.53. The normalized spacial score (nSPS) is 27.7. The largest absolute Gasteiger partial charge is 0.322 e. The maximum atomic E-state index is 12.9. The van der Waals surface area contributed by atoms with Crippen molar-refractivity contribution in [2.45, 2.75) is 69.7 Å². The number of nitrogens with one attached hydrogen (secondary N) is 3. The highest BCUT2D eigenvalue weighted by molar-refractivity contribution is 6.05. The molecule has 0 bridgehead atoms. The number of carbonyl (C=O) groups is 3. The van der Waals surface area contributed by atoms with Crippen LogP contribution in [-0.2, 0) is 22.7 Å². The van der Waals surface area contributed by atoms with Crippen LogP contribution in [0.25, 0.3) is 0 Å². The van der Waals surface area contributed by atoms with Crippen LogP contribution in [0.5, 0.6) is 0 Å². The van der Waals surface area contributed by atoms with Crippen molar-refractivity contribution in [2.75, 3.05) is 7.05 Å². The zero-order valence-corrected chi connectivity index (χ0v) is 16.3. The smallest absolute Gasteiger partial charge is 0.255 e. The third-order valence-electron chi connectivity index (χ3n) is 6.27. The molecule has 1 saturated heterocycles. The van der Waals surface area contributed by atoms with Crippen LogP contribution in [-0.4, -0.2) is 47.8 Å². The number of imide groups is 1. The molecule has 1 aromatic carbocycles. The average Bonchev–Trinajstić information content (AvgIpc) is 3.02. The topological polar surface area (TPSA) is 90.5 Å². The fourth-order valence-corrected chi connectivity index (χ4v) is 4.61. The van der Waals surface area contributed by atoms with Crippen LogP contribution in [0.15, 0.2) is 18.2 Å². The SMILES string of the molecule is CNC1CCCC(NCc2ccc3c(c2)C(=O)N(C2CCC(=O)NC2=O)C3)C1. The van der Waals surface area contributed by atoms with Crippen molar-refractivity contribution >= 4 is 17.7 Å². The molecule has 2 fully saturated rings. The van der Waals surface area contributed by atoms with Crippen molar-refractivity contribution in [3.63, 3.8) is 0 Å². The van der Waals surface area contributed by atoms with Gasteiger partial charge in [-0.1, -0.05) is 18.6 Å². The Morgan fingerprint density at radius 2 is 1.96 bits per heavy atom. The minimum atomic E-state index is -0.556. The van der Waals surface area contributed by atoms with E-state index in [0.717, 1.165) is 24.1 Å². The fraction of sp³-hybridized carbons (Fsp3) is 0.571. The summed E-state index contributed by atoms with van der Waals surface area (Å²) in [6.07, 6.45) is 5.45. The molecule has 7 heteroatoms. The molecule has 4 rings (SSSR count). The highest BCUT2D eigenvalue weighted by atomic mass is 16.2. The number of benzene rings is 1. The second-order valence-corrected chi connectivity index (χ2v) is 8.12. The molecule has 2 heterocycles. The zero-order chi connectivity index (χ0) is 19.7. The van der Waals surface area contributed by atoms with E-state index in [2.05, 4.69) is 22.0 Å². The van der Waals surface area contributed by atoms with Crippen LogP contribution in [0.2, 0.25) is 0 Å². The molecule has 3 unspecified atom stereocenters. The lowest BCUT2D eigenvalue weighted by molar-refractivity contribution is -0.136. The van der Waals surface area contributed by atoms with Crippen LogP contribution < -0.4 is 16.0 Å². The maximum absolute atomic E-state index is 12.9. The van der Waals surface area contributed by atoms with Crippen LogP contribution in [0.4, 0.5) is 0 Å². The van der Waals surface area contributed by atoms with E-state index in [-0.39, 0.29) is 24.1 Å². The third-order valence-corrected chi connectivity index (χ3v) is 6.27. The molecule has 7 nitrogen and oxygen atoms in total. The van der Waals surface area contributed by atoms with E-state index < -0.39 is 6.04 Å². The summed E-state index contributed by atoms with van der Waals surface area (Å²) >= 11 is 0. The van der Waals surface area contributed by atoms with Gasteiger partial charge in [0, 0.05) is 37.2 Å². The number of piperidine rings is 1. The summed E-state index contributed by atoms with van der Waals surface area (Å²) in [4.78, 5) is 38.0. The number of fused-ring (bicyclic) bond motifs is 1. The Kier molecular flexibility index (Phi) is 5.46.